The van der Waals surface area contributed by atoms with E-state index in [4.69, 9.17) is 4.74 Å². The highest BCUT2D eigenvalue weighted by Crippen LogP contribution is 2.24. The molecule has 0 aliphatic heterocycles. The van der Waals surface area contributed by atoms with Gasteiger partial charge in [-0.05, 0) is 23.6 Å². The van der Waals surface area contributed by atoms with E-state index in [2.05, 4.69) is 20.8 Å². The Morgan fingerprint density at radius 2 is 2.20 bits per heavy atom. The van der Waals surface area contributed by atoms with Crippen LogP contribution in [0.15, 0.2) is 48.0 Å². The molecule has 6 nitrogen and oxygen atoms in total. The molecule has 7 heteroatoms. The third-order valence-corrected chi connectivity index (χ3v) is 4.59. The molecule has 0 aliphatic carbocycles. The number of carbonyl (C=O) groups excluding carboxylic acids is 1. The Kier molecular flexibility index (Phi) is 5.81. The van der Waals surface area contributed by atoms with Gasteiger partial charge in [0.05, 0.1) is 23.9 Å². The number of H-pyrrole nitrogens is 1. The number of rotatable bonds is 8. The third-order valence-electron chi connectivity index (χ3n) is 3.72. The van der Waals surface area contributed by atoms with Crippen LogP contribution < -0.4 is 15.4 Å². The zero-order valence-electron chi connectivity index (χ0n) is 13.9. The Morgan fingerprint density at radius 3 is 3.00 bits per heavy atom. The lowest BCUT2D eigenvalue weighted by Gasteiger charge is -2.08. The summed E-state index contributed by atoms with van der Waals surface area (Å²) in [7, 11) is 1.65. The van der Waals surface area contributed by atoms with Gasteiger partial charge in [-0.3, -0.25) is 9.89 Å². The molecule has 0 atom stereocenters. The lowest BCUT2D eigenvalue weighted by atomic mass is 10.1. The predicted octanol–water partition coefficient (Wildman–Crippen LogP) is 2.67. The Labute approximate surface area is 150 Å². The smallest absolute Gasteiger partial charge is 0.261 e. The molecule has 0 radical (unpaired) electrons. The van der Waals surface area contributed by atoms with Crippen LogP contribution in [-0.4, -0.2) is 36.3 Å². The molecule has 1 aromatic carbocycles. The van der Waals surface area contributed by atoms with Crippen LogP contribution in [0, 0.1) is 0 Å². The molecule has 25 heavy (non-hydrogen) atoms. The van der Waals surface area contributed by atoms with E-state index >= 15 is 0 Å². The molecule has 0 spiro atoms. The first-order chi connectivity index (χ1) is 12.3. The van der Waals surface area contributed by atoms with Crippen LogP contribution in [0.25, 0.3) is 11.3 Å². The van der Waals surface area contributed by atoms with Crippen LogP contribution in [0.5, 0.6) is 5.75 Å². The molecular weight excluding hydrogens is 336 g/mol. The first-order valence-electron chi connectivity index (χ1n) is 7.97. The first kappa shape index (κ1) is 17.2. The van der Waals surface area contributed by atoms with Crippen molar-refractivity contribution in [2.75, 3.05) is 20.2 Å². The van der Waals surface area contributed by atoms with E-state index in [1.165, 1.54) is 11.3 Å². The van der Waals surface area contributed by atoms with Crippen LogP contribution in [0.2, 0.25) is 0 Å². The van der Waals surface area contributed by atoms with Gasteiger partial charge in [0.2, 0.25) is 0 Å². The second-order valence-corrected chi connectivity index (χ2v) is 6.36. The Bertz CT molecular complexity index is 814. The molecule has 2 aromatic heterocycles. The number of hydrogen-bond acceptors (Lipinski definition) is 5. The van der Waals surface area contributed by atoms with Gasteiger partial charge in [-0.2, -0.15) is 5.10 Å². The molecule has 3 N–H and O–H groups in total. The van der Waals surface area contributed by atoms with E-state index < -0.39 is 0 Å². The molecule has 0 saturated heterocycles. The van der Waals surface area contributed by atoms with E-state index in [1.807, 2.05) is 48.0 Å². The minimum absolute atomic E-state index is 0.0304. The number of benzene rings is 1. The number of aromatic nitrogens is 2. The van der Waals surface area contributed by atoms with Gasteiger partial charge in [-0.15, -0.1) is 11.3 Å². The average Bonchev–Trinajstić information content (AvgIpc) is 3.33. The standard InChI is InChI=1S/C18H20N4O2S/c1-24-15-5-2-4-13(10-15)17-14(12-21-22-17)11-19-7-8-20-18(23)16-6-3-9-25-16/h2-6,9-10,12,19H,7-8,11H2,1H3,(H,20,23)(H,21,22). The normalized spacial score (nSPS) is 10.6. The highest BCUT2D eigenvalue weighted by Gasteiger charge is 2.09. The van der Waals surface area contributed by atoms with Crippen LogP contribution in [-0.2, 0) is 6.54 Å². The fourth-order valence-corrected chi connectivity index (χ4v) is 3.10. The minimum atomic E-state index is -0.0304. The summed E-state index contributed by atoms with van der Waals surface area (Å²) in [4.78, 5) is 12.6. The number of ether oxygens (including phenoxy) is 1. The number of amides is 1. The molecule has 0 unspecified atom stereocenters. The largest absolute Gasteiger partial charge is 0.497 e. The average molecular weight is 356 g/mol. The number of thiophene rings is 1. The summed E-state index contributed by atoms with van der Waals surface area (Å²) < 4.78 is 5.27. The predicted molar refractivity (Wildman–Crippen MR) is 98.9 cm³/mol. The topological polar surface area (TPSA) is 79.0 Å². The van der Waals surface area contributed by atoms with E-state index in [0.717, 1.165) is 27.4 Å². The van der Waals surface area contributed by atoms with Crippen molar-refractivity contribution >= 4 is 17.2 Å². The van der Waals surface area contributed by atoms with E-state index in [-0.39, 0.29) is 5.91 Å². The van der Waals surface area contributed by atoms with Crippen molar-refractivity contribution in [3.05, 3.63) is 58.4 Å². The summed E-state index contributed by atoms with van der Waals surface area (Å²) >= 11 is 1.44. The second-order valence-electron chi connectivity index (χ2n) is 5.41. The SMILES string of the molecule is COc1cccc(-c2[nH]ncc2CNCCNC(=O)c2cccs2)c1. The molecule has 1 amide bonds. The van der Waals surface area contributed by atoms with Gasteiger partial charge in [0.15, 0.2) is 0 Å². The van der Waals surface area contributed by atoms with Gasteiger partial charge in [-0.1, -0.05) is 18.2 Å². The number of nitrogens with zero attached hydrogens (tertiary/aromatic N) is 1. The van der Waals surface area contributed by atoms with Gasteiger partial charge in [0.25, 0.3) is 5.91 Å². The Hall–Kier alpha value is -2.64. The van der Waals surface area contributed by atoms with Crippen molar-refractivity contribution < 1.29 is 9.53 Å². The molecular formula is C18H20N4O2S. The summed E-state index contributed by atoms with van der Waals surface area (Å²) in [6.45, 7) is 1.92. The Morgan fingerprint density at radius 1 is 1.28 bits per heavy atom. The molecule has 3 rings (SSSR count). The molecule has 0 aliphatic rings. The monoisotopic (exact) mass is 356 g/mol. The minimum Gasteiger partial charge on any atom is -0.497 e. The van der Waals surface area contributed by atoms with E-state index in [9.17, 15) is 4.79 Å². The van der Waals surface area contributed by atoms with Gasteiger partial charge < -0.3 is 15.4 Å². The first-order valence-corrected chi connectivity index (χ1v) is 8.85. The van der Waals surface area contributed by atoms with E-state index in [0.29, 0.717) is 19.6 Å². The molecule has 0 bridgehead atoms. The van der Waals surface area contributed by atoms with Gasteiger partial charge in [-0.25, -0.2) is 0 Å². The number of methoxy groups -OCH3 is 1. The van der Waals surface area contributed by atoms with Crippen molar-refractivity contribution in [1.29, 1.82) is 0 Å². The Balaban J connectivity index is 1.49. The van der Waals surface area contributed by atoms with Gasteiger partial charge in [0, 0.05) is 30.8 Å². The molecule has 0 saturated carbocycles. The van der Waals surface area contributed by atoms with Gasteiger partial charge >= 0.3 is 0 Å². The highest BCUT2D eigenvalue weighted by molar-refractivity contribution is 7.12. The number of carbonyl (C=O) groups is 1. The highest BCUT2D eigenvalue weighted by atomic mass is 32.1. The summed E-state index contributed by atoms with van der Waals surface area (Å²) in [5, 5.41) is 15.3. The van der Waals surface area contributed by atoms with Crippen LogP contribution >= 0.6 is 11.3 Å². The maximum Gasteiger partial charge on any atom is 0.261 e. The fraction of sp³-hybridized carbons (Fsp3) is 0.222. The zero-order chi connectivity index (χ0) is 17.5. The quantitative estimate of drug-likeness (QED) is 0.542. The van der Waals surface area contributed by atoms with E-state index in [1.54, 1.807) is 7.11 Å². The van der Waals surface area contributed by atoms with Crippen molar-refractivity contribution in [3.8, 4) is 17.0 Å². The summed E-state index contributed by atoms with van der Waals surface area (Å²) in [6, 6.07) is 11.5. The summed E-state index contributed by atoms with van der Waals surface area (Å²) in [5.41, 5.74) is 3.06. The maximum atomic E-state index is 11.8. The number of hydrogen-bond donors (Lipinski definition) is 3. The van der Waals surface area contributed by atoms with Crippen LogP contribution in [0.3, 0.4) is 0 Å². The molecule has 2 heterocycles. The zero-order valence-corrected chi connectivity index (χ0v) is 14.7. The van der Waals surface area contributed by atoms with Crippen molar-refractivity contribution in [3.63, 3.8) is 0 Å². The van der Waals surface area contributed by atoms with Crippen molar-refractivity contribution in [2.45, 2.75) is 6.54 Å². The summed E-state index contributed by atoms with van der Waals surface area (Å²) in [5.74, 6) is 0.777. The van der Waals surface area contributed by atoms with Crippen molar-refractivity contribution in [1.82, 2.24) is 20.8 Å². The maximum absolute atomic E-state index is 11.8. The molecule has 3 aromatic rings. The van der Waals surface area contributed by atoms with Crippen LogP contribution in [0.4, 0.5) is 0 Å². The second kappa shape index (κ2) is 8.46. The third kappa shape index (κ3) is 4.46. The lowest BCUT2D eigenvalue weighted by Crippen LogP contribution is -2.31. The lowest BCUT2D eigenvalue weighted by molar-refractivity contribution is 0.0958. The number of nitrogens with one attached hydrogen (secondary N) is 3. The van der Waals surface area contributed by atoms with Crippen molar-refractivity contribution in [2.24, 2.45) is 0 Å². The molecule has 130 valence electrons. The van der Waals surface area contributed by atoms with Crippen LogP contribution in [0.1, 0.15) is 15.2 Å². The fourth-order valence-electron chi connectivity index (χ4n) is 2.46. The molecule has 0 fully saturated rings. The number of aromatic amines is 1. The summed E-state index contributed by atoms with van der Waals surface area (Å²) in [6.07, 6.45) is 1.81. The van der Waals surface area contributed by atoms with Gasteiger partial charge in [0.1, 0.15) is 5.75 Å².